The van der Waals surface area contributed by atoms with Crippen LogP contribution in [0, 0.1) is 0 Å². The van der Waals surface area contributed by atoms with E-state index in [9.17, 15) is 18.0 Å². The van der Waals surface area contributed by atoms with E-state index < -0.39 is 17.8 Å². The van der Waals surface area contributed by atoms with Crippen LogP contribution in [0.1, 0.15) is 5.56 Å². The maximum Gasteiger partial charge on any atom is 0.416 e. The van der Waals surface area contributed by atoms with Gasteiger partial charge in [-0.2, -0.15) is 13.2 Å². The maximum atomic E-state index is 12.6. The van der Waals surface area contributed by atoms with Gasteiger partial charge in [0.15, 0.2) is 0 Å². The third-order valence-electron chi connectivity index (χ3n) is 2.67. The summed E-state index contributed by atoms with van der Waals surface area (Å²) in [6.45, 7) is 0.0769. The van der Waals surface area contributed by atoms with Crippen LogP contribution in [-0.2, 0) is 6.18 Å². The van der Waals surface area contributed by atoms with Crippen LogP contribution in [0.2, 0.25) is 0 Å². The first-order valence-corrected chi connectivity index (χ1v) is 5.93. The minimum atomic E-state index is -4.41. The van der Waals surface area contributed by atoms with E-state index in [4.69, 9.17) is 9.84 Å². The van der Waals surface area contributed by atoms with Crippen molar-refractivity contribution in [3.8, 4) is 5.88 Å². The van der Waals surface area contributed by atoms with Crippen LogP contribution in [0.25, 0.3) is 10.8 Å². The number of hydrogen-bond donors (Lipinski definition) is 2. The molecular formula is C13H11F3N2O3. The number of nitrogens with one attached hydrogen (secondary N) is 1. The molecule has 0 saturated carbocycles. The largest absolute Gasteiger partial charge is 0.475 e. The van der Waals surface area contributed by atoms with Crippen LogP contribution in [0.15, 0.2) is 30.5 Å². The highest BCUT2D eigenvalue weighted by Gasteiger charge is 2.30. The summed E-state index contributed by atoms with van der Waals surface area (Å²) in [4.78, 5) is 14.2. The van der Waals surface area contributed by atoms with Crippen molar-refractivity contribution in [2.24, 2.45) is 0 Å². The van der Waals surface area contributed by atoms with Gasteiger partial charge in [-0.25, -0.2) is 9.78 Å². The van der Waals surface area contributed by atoms with Crippen LogP contribution in [-0.4, -0.2) is 29.3 Å². The number of ether oxygens (including phenoxy) is 1. The number of amides is 1. The molecule has 2 N–H and O–H groups in total. The maximum absolute atomic E-state index is 12.6. The first kappa shape index (κ1) is 14.9. The lowest BCUT2D eigenvalue weighted by molar-refractivity contribution is -0.137. The molecule has 0 radical (unpaired) electrons. The van der Waals surface area contributed by atoms with Crippen LogP contribution < -0.4 is 10.1 Å². The standard InChI is InChI=1S/C13H11F3N2O3/c14-13(15,16)9-1-2-10-8(7-9)3-4-17-11(10)21-6-5-18-12(19)20/h1-4,7,18H,5-6H2,(H,19,20). The fourth-order valence-corrected chi connectivity index (χ4v) is 1.75. The minimum Gasteiger partial charge on any atom is -0.475 e. The van der Waals surface area contributed by atoms with Gasteiger partial charge in [-0.1, -0.05) is 0 Å². The number of nitrogens with zero attached hydrogens (tertiary/aromatic N) is 1. The van der Waals surface area contributed by atoms with Crippen molar-refractivity contribution < 1.29 is 27.8 Å². The van der Waals surface area contributed by atoms with Crippen molar-refractivity contribution in [1.29, 1.82) is 0 Å². The first-order chi connectivity index (χ1) is 9.88. The molecule has 0 unspecified atom stereocenters. The number of pyridine rings is 1. The summed E-state index contributed by atoms with van der Waals surface area (Å²) in [6, 6.07) is 4.70. The zero-order chi connectivity index (χ0) is 15.5. The molecule has 1 aromatic carbocycles. The lowest BCUT2D eigenvalue weighted by Crippen LogP contribution is -2.26. The van der Waals surface area contributed by atoms with E-state index in [1.807, 2.05) is 0 Å². The SMILES string of the molecule is O=C(O)NCCOc1nccc2cc(C(F)(F)F)ccc12. The molecule has 2 rings (SSSR count). The van der Waals surface area contributed by atoms with Crippen LogP contribution in [0.4, 0.5) is 18.0 Å². The monoisotopic (exact) mass is 300 g/mol. The van der Waals surface area contributed by atoms with E-state index in [0.717, 1.165) is 12.1 Å². The van der Waals surface area contributed by atoms with E-state index in [1.54, 1.807) is 0 Å². The molecule has 0 aliphatic carbocycles. The highest BCUT2D eigenvalue weighted by atomic mass is 19.4. The van der Waals surface area contributed by atoms with Crippen molar-refractivity contribution in [3.63, 3.8) is 0 Å². The summed E-state index contributed by atoms with van der Waals surface area (Å²) in [5, 5.41) is 11.3. The van der Waals surface area contributed by atoms with E-state index in [-0.39, 0.29) is 19.0 Å². The number of benzene rings is 1. The highest BCUT2D eigenvalue weighted by Crippen LogP contribution is 2.33. The number of aromatic nitrogens is 1. The molecule has 1 amide bonds. The lowest BCUT2D eigenvalue weighted by Gasteiger charge is -2.10. The fraction of sp³-hybridized carbons (Fsp3) is 0.231. The zero-order valence-corrected chi connectivity index (χ0v) is 10.6. The Labute approximate surface area is 117 Å². The van der Waals surface area contributed by atoms with Crippen molar-refractivity contribution >= 4 is 16.9 Å². The number of halogens is 3. The van der Waals surface area contributed by atoms with Crippen LogP contribution in [0.3, 0.4) is 0 Å². The summed E-state index contributed by atoms with van der Waals surface area (Å²) in [5.41, 5.74) is -0.750. The predicted molar refractivity (Wildman–Crippen MR) is 68.3 cm³/mol. The number of rotatable bonds is 4. The van der Waals surface area contributed by atoms with Gasteiger partial charge in [-0.05, 0) is 29.7 Å². The van der Waals surface area contributed by atoms with Gasteiger partial charge in [0.25, 0.3) is 0 Å². The summed E-state index contributed by atoms with van der Waals surface area (Å²) in [7, 11) is 0. The molecule has 0 bridgehead atoms. The first-order valence-electron chi connectivity index (χ1n) is 5.93. The minimum absolute atomic E-state index is 0.0272. The second kappa shape index (κ2) is 5.86. The van der Waals surface area contributed by atoms with Crippen molar-refractivity contribution in [2.45, 2.75) is 6.18 Å². The van der Waals surface area contributed by atoms with Gasteiger partial charge >= 0.3 is 12.3 Å². The lowest BCUT2D eigenvalue weighted by atomic mass is 10.1. The van der Waals surface area contributed by atoms with E-state index in [1.165, 1.54) is 18.3 Å². The van der Waals surface area contributed by atoms with Gasteiger partial charge in [-0.3, -0.25) is 0 Å². The summed E-state index contributed by atoms with van der Waals surface area (Å²) in [5.74, 6) is 0.161. The van der Waals surface area contributed by atoms with E-state index in [0.29, 0.717) is 10.8 Å². The topological polar surface area (TPSA) is 71.5 Å². The molecular weight excluding hydrogens is 289 g/mol. The third kappa shape index (κ3) is 3.74. The Hall–Kier alpha value is -2.51. The van der Waals surface area contributed by atoms with Crippen molar-refractivity contribution in [3.05, 3.63) is 36.0 Å². The molecule has 2 aromatic rings. The van der Waals surface area contributed by atoms with E-state index >= 15 is 0 Å². The predicted octanol–water partition coefficient (Wildman–Crippen LogP) is 2.90. The Morgan fingerprint density at radius 3 is 2.76 bits per heavy atom. The quantitative estimate of drug-likeness (QED) is 0.852. The van der Waals surface area contributed by atoms with Gasteiger partial charge in [0.2, 0.25) is 5.88 Å². The number of fused-ring (bicyclic) bond motifs is 1. The molecule has 0 atom stereocenters. The number of carbonyl (C=O) groups is 1. The molecule has 21 heavy (non-hydrogen) atoms. The summed E-state index contributed by atoms with van der Waals surface area (Å²) >= 11 is 0. The molecule has 0 aliphatic heterocycles. The Morgan fingerprint density at radius 2 is 2.10 bits per heavy atom. The molecule has 8 heteroatoms. The normalized spacial score (nSPS) is 11.4. The molecule has 0 saturated heterocycles. The Bertz CT molecular complexity index is 659. The average Bonchev–Trinajstić information content (AvgIpc) is 2.42. The second-order valence-corrected chi connectivity index (χ2v) is 4.13. The summed E-state index contributed by atoms with van der Waals surface area (Å²) < 4.78 is 43.2. The van der Waals surface area contributed by atoms with Crippen LogP contribution >= 0.6 is 0 Å². The third-order valence-corrected chi connectivity index (χ3v) is 2.67. The van der Waals surface area contributed by atoms with Gasteiger partial charge in [0.05, 0.1) is 12.1 Å². The summed E-state index contributed by atoms with van der Waals surface area (Å²) in [6.07, 6.45) is -4.26. The molecule has 0 spiro atoms. The Kier molecular flexibility index (Phi) is 4.15. The number of alkyl halides is 3. The van der Waals surface area contributed by atoms with Gasteiger partial charge in [-0.15, -0.1) is 0 Å². The molecule has 1 heterocycles. The number of carboxylic acid groups (broad SMARTS) is 1. The Balaban J connectivity index is 2.20. The highest BCUT2D eigenvalue weighted by molar-refractivity contribution is 5.87. The van der Waals surface area contributed by atoms with Gasteiger partial charge in [0, 0.05) is 11.6 Å². The van der Waals surface area contributed by atoms with Crippen molar-refractivity contribution in [1.82, 2.24) is 10.3 Å². The smallest absolute Gasteiger partial charge is 0.416 e. The molecule has 0 fully saturated rings. The fourth-order valence-electron chi connectivity index (χ4n) is 1.75. The van der Waals surface area contributed by atoms with Crippen molar-refractivity contribution in [2.75, 3.05) is 13.2 Å². The molecule has 0 aliphatic rings. The average molecular weight is 300 g/mol. The molecule has 112 valence electrons. The Morgan fingerprint density at radius 1 is 1.33 bits per heavy atom. The second-order valence-electron chi connectivity index (χ2n) is 4.13. The molecule has 1 aromatic heterocycles. The van der Waals surface area contributed by atoms with Gasteiger partial charge < -0.3 is 15.2 Å². The van der Waals surface area contributed by atoms with Gasteiger partial charge in [0.1, 0.15) is 6.61 Å². The van der Waals surface area contributed by atoms with E-state index in [2.05, 4.69) is 10.3 Å². The zero-order valence-electron chi connectivity index (χ0n) is 10.6. The number of hydrogen-bond acceptors (Lipinski definition) is 3. The van der Waals surface area contributed by atoms with Crippen LogP contribution in [0.5, 0.6) is 5.88 Å². The molecule has 5 nitrogen and oxygen atoms in total.